The Morgan fingerprint density at radius 3 is 2.53 bits per heavy atom. The summed E-state index contributed by atoms with van der Waals surface area (Å²) in [6.45, 7) is 8.07. The minimum Gasteiger partial charge on any atom is -0.314 e. The molecule has 90 valence electrons. The van der Waals surface area contributed by atoms with Crippen molar-refractivity contribution >= 4 is 0 Å². The van der Waals surface area contributed by atoms with Crippen molar-refractivity contribution < 1.29 is 0 Å². The van der Waals surface area contributed by atoms with Crippen LogP contribution in [-0.2, 0) is 0 Å². The van der Waals surface area contributed by atoms with Gasteiger partial charge in [-0.3, -0.25) is 0 Å². The molecule has 0 aromatic rings. The Kier molecular flexibility index (Phi) is 6.31. The molecule has 0 spiro atoms. The third kappa shape index (κ3) is 5.01. The lowest BCUT2D eigenvalue weighted by molar-refractivity contribution is 0.302. The minimum atomic E-state index is 0.816. The molecule has 0 aromatic carbocycles. The molecular weight excluding hydrogens is 182 g/mol. The zero-order chi connectivity index (χ0) is 11.1. The summed E-state index contributed by atoms with van der Waals surface area (Å²) >= 11 is 0. The van der Waals surface area contributed by atoms with Crippen molar-refractivity contribution in [3.05, 3.63) is 0 Å². The molecule has 0 saturated heterocycles. The first-order chi connectivity index (χ1) is 7.24. The van der Waals surface area contributed by atoms with E-state index in [2.05, 4.69) is 26.1 Å². The topological polar surface area (TPSA) is 12.0 Å². The van der Waals surface area contributed by atoms with Crippen LogP contribution >= 0.6 is 0 Å². The molecule has 1 rings (SSSR count). The largest absolute Gasteiger partial charge is 0.314 e. The van der Waals surface area contributed by atoms with Crippen molar-refractivity contribution in [2.45, 2.75) is 71.8 Å². The van der Waals surface area contributed by atoms with Crippen molar-refractivity contribution in [3.63, 3.8) is 0 Å². The Bertz CT molecular complexity index is 153. The fraction of sp³-hybridized carbons (Fsp3) is 1.00. The average Bonchev–Trinajstić information content (AvgIpc) is 2.41. The fourth-order valence-electron chi connectivity index (χ4n) is 2.81. The highest BCUT2D eigenvalue weighted by Crippen LogP contribution is 2.28. The Balaban J connectivity index is 2.39. The molecule has 15 heavy (non-hydrogen) atoms. The van der Waals surface area contributed by atoms with Gasteiger partial charge in [0.25, 0.3) is 0 Å². The Morgan fingerprint density at radius 1 is 1.13 bits per heavy atom. The SMILES string of the molecule is CCNC1CCCCCC1CCC(C)C. The van der Waals surface area contributed by atoms with Crippen LogP contribution < -0.4 is 5.32 Å². The van der Waals surface area contributed by atoms with E-state index in [0.29, 0.717) is 0 Å². The highest BCUT2D eigenvalue weighted by molar-refractivity contribution is 4.79. The van der Waals surface area contributed by atoms with Gasteiger partial charge in [0, 0.05) is 6.04 Å². The average molecular weight is 211 g/mol. The number of hydrogen-bond acceptors (Lipinski definition) is 1. The molecule has 0 aliphatic heterocycles. The predicted octanol–water partition coefficient (Wildman–Crippen LogP) is 3.98. The van der Waals surface area contributed by atoms with Crippen LogP contribution in [0, 0.1) is 11.8 Å². The molecule has 1 saturated carbocycles. The number of hydrogen-bond donors (Lipinski definition) is 1. The lowest BCUT2D eigenvalue weighted by Crippen LogP contribution is -2.35. The van der Waals surface area contributed by atoms with Crippen molar-refractivity contribution in [1.29, 1.82) is 0 Å². The van der Waals surface area contributed by atoms with E-state index in [9.17, 15) is 0 Å². The normalized spacial score (nSPS) is 28.0. The third-order valence-corrected chi connectivity index (χ3v) is 3.74. The van der Waals surface area contributed by atoms with E-state index in [1.807, 2.05) is 0 Å². The summed E-state index contributed by atoms with van der Waals surface area (Å²) in [6, 6.07) is 0.816. The summed E-state index contributed by atoms with van der Waals surface area (Å²) < 4.78 is 0. The summed E-state index contributed by atoms with van der Waals surface area (Å²) in [4.78, 5) is 0. The van der Waals surface area contributed by atoms with Crippen molar-refractivity contribution in [2.24, 2.45) is 11.8 Å². The second-order valence-electron chi connectivity index (χ2n) is 5.53. The van der Waals surface area contributed by atoms with Gasteiger partial charge in [-0.15, -0.1) is 0 Å². The van der Waals surface area contributed by atoms with Crippen LogP contribution in [0.4, 0.5) is 0 Å². The minimum absolute atomic E-state index is 0.816. The molecule has 1 aliphatic rings. The smallest absolute Gasteiger partial charge is 0.00952 e. The molecular formula is C14H29N. The number of nitrogens with one attached hydrogen (secondary N) is 1. The molecule has 0 bridgehead atoms. The molecule has 1 fully saturated rings. The van der Waals surface area contributed by atoms with Crippen molar-refractivity contribution in [3.8, 4) is 0 Å². The maximum Gasteiger partial charge on any atom is 0.00952 e. The Labute approximate surface area is 96.0 Å². The van der Waals surface area contributed by atoms with Crippen LogP contribution in [0.5, 0.6) is 0 Å². The summed E-state index contributed by atoms with van der Waals surface area (Å²) in [5.41, 5.74) is 0. The first-order valence-corrected chi connectivity index (χ1v) is 6.97. The van der Waals surface area contributed by atoms with E-state index in [-0.39, 0.29) is 0 Å². The molecule has 2 atom stereocenters. The van der Waals surface area contributed by atoms with E-state index < -0.39 is 0 Å². The van der Waals surface area contributed by atoms with Gasteiger partial charge in [-0.1, -0.05) is 46.5 Å². The maximum absolute atomic E-state index is 3.70. The zero-order valence-corrected chi connectivity index (χ0v) is 10.9. The highest BCUT2D eigenvalue weighted by atomic mass is 14.9. The van der Waals surface area contributed by atoms with Gasteiger partial charge in [-0.2, -0.15) is 0 Å². The van der Waals surface area contributed by atoms with Gasteiger partial charge in [0.1, 0.15) is 0 Å². The standard InChI is InChI=1S/C14H29N/c1-4-15-14-9-7-5-6-8-13(14)11-10-12(2)3/h12-15H,4-11H2,1-3H3. The van der Waals surface area contributed by atoms with Gasteiger partial charge in [0.2, 0.25) is 0 Å². The number of rotatable bonds is 5. The Morgan fingerprint density at radius 2 is 1.87 bits per heavy atom. The van der Waals surface area contributed by atoms with Gasteiger partial charge in [0.05, 0.1) is 0 Å². The lowest BCUT2D eigenvalue weighted by atomic mass is 9.88. The first kappa shape index (κ1) is 13.0. The lowest BCUT2D eigenvalue weighted by Gasteiger charge is -2.26. The van der Waals surface area contributed by atoms with Gasteiger partial charge in [-0.25, -0.2) is 0 Å². The van der Waals surface area contributed by atoms with Crippen LogP contribution in [-0.4, -0.2) is 12.6 Å². The molecule has 1 heteroatoms. The van der Waals surface area contributed by atoms with Gasteiger partial charge >= 0.3 is 0 Å². The van der Waals surface area contributed by atoms with E-state index in [0.717, 1.165) is 24.4 Å². The monoisotopic (exact) mass is 211 g/mol. The van der Waals surface area contributed by atoms with E-state index in [4.69, 9.17) is 0 Å². The third-order valence-electron chi connectivity index (χ3n) is 3.74. The van der Waals surface area contributed by atoms with Crippen LogP contribution in [0.25, 0.3) is 0 Å². The van der Waals surface area contributed by atoms with E-state index in [1.54, 1.807) is 0 Å². The van der Waals surface area contributed by atoms with E-state index in [1.165, 1.54) is 44.9 Å². The molecule has 0 heterocycles. The zero-order valence-electron chi connectivity index (χ0n) is 10.9. The summed E-state index contributed by atoms with van der Waals surface area (Å²) in [5, 5.41) is 3.70. The summed E-state index contributed by atoms with van der Waals surface area (Å²) in [7, 11) is 0. The Hall–Kier alpha value is -0.0400. The van der Waals surface area contributed by atoms with Crippen molar-refractivity contribution in [2.75, 3.05) is 6.54 Å². The van der Waals surface area contributed by atoms with Crippen LogP contribution in [0.3, 0.4) is 0 Å². The fourth-order valence-corrected chi connectivity index (χ4v) is 2.81. The van der Waals surface area contributed by atoms with Crippen LogP contribution in [0.2, 0.25) is 0 Å². The molecule has 2 unspecified atom stereocenters. The molecule has 1 nitrogen and oxygen atoms in total. The quantitative estimate of drug-likeness (QED) is 0.678. The molecule has 1 aliphatic carbocycles. The van der Waals surface area contributed by atoms with Crippen molar-refractivity contribution in [1.82, 2.24) is 5.32 Å². The van der Waals surface area contributed by atoms with E-state index >= 15 is 0 Å². The molecule has 1 N–H and O–H groups in total. The molecule has 0 aromatic heterocycles. The van der Waals surface area contributed by atoms with Gasteiger partial charge in [-0.05, 0) is 37.6 Å². The maximum atomic E-state index is 3.70. The summed E-state index contributed by atoms with van der Waals surface area (Å²) in [5.74, 6) is 1.82. The second kappa shape index (κ2) is 7.27. The summed E-state index contributed by atoms with van der Waals surface area (Å²) in [6.07, 6.45) is 10.1. The second-order valence-corrected chi connectivity index (χ2v) is 5.53. The molecule has 0 radical (unpaired) electrons. The first-order valence-electron chi connectivity index (χ1n) is 6.97. The van der Waals surface area contributed by atoms with Gasteiger partial charge in [0.15, 0.2) is 0 Å². The van der Waals surface area contributed by atoms with Gasteiger partial charge < -0.3 is 5.32 Å². The predicted molar refractivity (Wildman–Crippen MR) is 68.1 cm³/mol. The van der Waals surface area contributed by atoms with Crippen LogP contribution in [0.15, 0.2) is 0 Å². The highest BCUT2D eigenvalue weighted by Gasteiger charge is 2.22. The molecule has 0 amide bonds. The van der Waals surface area contributed by atoms with Crippen LogP contribution in [0.1, 0.15) is 65.7 Å².